The van der Waals surface area contributed by atoms with E-state index in [9.17, 15) is 9.59 Å². The van der Waals surface area contributed by atoms with Gasteiger partial charge in [0.15, 0.2) is 0 Å². The zero-order valence-electron chi connectivity index (χ0n) is 15.7. The molecular weight excluding hydrogens is 350 g/mol. The molecule has 0 bridgehead atoms. The van der Waals surface area contributed by atoms with Crippen LogP contribution in [0, 0.1) is 6.92 Å². The Hall–Kier alpha value is -3.03. The van der Waals surface area contributed by atoms with Gasteiger partial charge < -0.3 is 19.4 Å². The normalized spacial score (nSPS) is 10.5. The predicted molar refractivity (Wildman–Crippen MR) is 103 cm³/mol. The number of hydrogen-bond donors (Lipinski definition) is 1. The number of nitrogens with zero attached hydrogens (tertiary/aromatic N) is 4. The summed E-state index contributed by atoms with van der Waals surface area (Å²) in [7, 11) is 3.82. The molecular formula is C18H23N5O4. The van der Waals surface area contributed by atoms with E-state index in [2.05, 4.69) is 15.3 Å². The molecule has 0 radical (unpaired) electrons. The zero-order valence-corrected chi connectivity index (χ0v) is 15.7. The molecule has 144 valence electrons. The number of azide groups is 1. The number of benzene rings is 1. The van der Waals surface area contributed by atoms with Crippen LogP contribution in [-0.4, -0.2) is 46.3 Å². The Morgan fingerprint density at radius 1 is 1.37 bits per heavy atom. The number of fused-ring (bicyclic) bond motifs is 1. The van der Waals surface area contributed by atoms with Gasteiger partial charge in [-0.1, -0.05) is 5.11 Å². The summed E-state index contributed by atoms with van der Waals surface area (Å²) in [5.74, 6) is -0.284. The molecule has 2 aromatic rings. The fourth-order valence-corrected chi connectivity index (χ4v) is 2.60. The average Bonchev–Trinajstić information content (AvgIpc) is 2.63. The summed E-state index contributed by atoms with van der Waals surface area (Å²) >= 11 is 0. The van der Waals surface area contributed by atoms with Crippen LogP contribution in [0.3, 0.4) is 0 Å². The first-order valence-electron chi connectivity index (χ1n) is 8.53. The first-order valence-corrected chi connectivity index (χ1v) is 8.53. The lowest BCUT2D eigenvalue weighted by atomic mass is 10.0. The number of aryl methyl sites for hydroxylation is 1. The van der Waals surface area contributed by atoms with Crippen LogP contribution < -0.4 is 15.8 Å². The topological polar surface area (TPSA) is 121 Å². The van der Waals surface area contributed by atoms with E-state index in [1.807, 2.05) is 38.1 Å². The molecule has 1 N–H and O–H groups in total. The molecule has 0 aliphatic heterocycles. The van der Waals surface area contributed by atoms with Gasteiger partial charge in [0.25, 0.3) is 0 Å². The molecule has 0 fully saturated rings. The maximum Gasteiger partial charge on any atom is 0.340 e. The third kappa shape index (κ3) is 5.47. The fourth-order valence-electron chi connectivity index (χ4n) is 2.60. The van der Waals surface area contributed by atoms with Crippen LogP contribution in [0.2, 0.25) is 0 Å². The number of anilines is 1. The van der Waals surface area contributed by atoms with E-state index >= 15 is 0 Å². The van der Waals surface area contributed by atoms with E-state index < -0.39 is 5.63 Å². The molecule has 9 heteroatoms. The summed E-state index contributed by atoms with van der Waals surface area (Å²) in [4.78, 5) is 29.0. The second kappa shape index (κ2) is 9.61. The van der Waals surface area contributed by atoms with E-state index in [0.29, 0.717) is 30.9 Å². The van der Waals surface area contributed by atoms with Crippen molar-refractivity contribution in [2.24, 2.45) is 5.11 Å². The first kappa shape index (κ1) is 20.3. The maximum absolute atomic E-state index is 12.3. The third-order valence-corrected chi connectivity index (χ3v) is 4.09. The van der Waals surface area contributed by atoms with Gasteiger partial charge in [-0.15, -0.1) is 0 Å². The lowest BCUT2D eigenvalue weighted by Gasteiger charge is -2.14. The summed E-state index contributed by atoms with van der Waals surface area (Å²) in [6.45, 7) is 2.96. The van der Waals surface area contributed by atoms with Crippen molar-refractivity contribution in [3.8, 4) is 0 Å². The highest BCUT2D eigenvalue weighted by molar-refractivity contribution is 5.86. The fraction of sp³-hybridized carbons (Fsp3) is 0.444. The second-order valence-corrected chi connectivity index (χ2v) is 6.16. The minimum Gasteiger partial charge on any atom is -0.422 e. The number of rotatable bonds is 9. The van der Waals surface area contributed by atoms with Crippen molar-refractivity contribution >= 4 is 22.6 Å². The highest BCUT2D eigenvalue weighted by Gasteiger charge is 2.15. The van der Waals surface area contributed by atoms with Crippen molar-refractivity contribution < 1.29 is 13.9 Å². The van der Waals surface area contributed by atoms with Crippen LogP contribution in [0.25, 0.3) is 21.4 Å². The number of hydrogen-bond acceptors (Lipinski definition) is 6. The second-order valence-electron chi connectivity index (χ2n) is 6.16. The molecule has 0 atom stereocenters. The Labute approximate surface area is 156 Å². The number of carbonyl (C=O) groups excluding carboxylic acids is 1. The molecule has 0 unspecified atom stereocenters. The first-order chi connectivity index (χ1) is 12.9. The van der Waals surface area contributed by atoms with Crippen LogP contribution in [-0.2, 0) is 16.0 Å². The molecule has 0 aliphatic rings. The summed E-state index contributed by atoms with van der Waals surface area (Å²) in [6.07, 6.45) is -0.0573. The van der Waals surface area contributed by atoms with E-state index in [-0.39, 0.29) is 18.9 Å². The van der Waals surface area contributed by atoms with Gasteiger partial charge in [0.1, 0.15) is 5.58 Å². The average molecular weight is 373 g/mol. The van der Waals surface area contributed by atoms with E-state index in [1.165, 1.54) is 0 Å². The van der Waals surface area contributed by atoms with Gasteiger partial charge in [-0.2, -0.15) is 0 Å². The van der Waals surface area contributed by atoms with Crippen LogP contribution >= 0.6 is 0 Å². The van der Waals surface area contributed by atoms with Gasteiger partial charge in [-0.25, -0.2) is 4.79 Å². The molecule has 27 heavy (non-hydrogen) atoms. The number of ether oxygens (including phenoxy) is 1. The minimum absolute atomic E-state index is 0.0573. The summed E-state index contributed by atoms with van der Waals surface area (Å²) < 4.78 is 10.6. The monoisotopic (exact) mass is 373 g/mol. The van der Waals surface area contributed by atoms with Crippen LogP contribution in [0.4, 0.5) is 5.69 Å². The van der Waals surface area contributed by atoms with Crippen molar-refractivity contribution in [3.05, 3.63) is 50.2 Å². The van der Waals surface area contributed by atoms with E-state index in [4.69, 9.17) is 14.7 Å². The van der Waals surface area contributed by atoms with Gasteiger partial charge in [0.2, 0.25) is 5.91 Å². The van der Waals surface area contributed by atoms with Crippen molar-refractivity contribution in [2.45, 2.75) is 13.3 Å². The Kier molecular flexibility index (Phi) is 7.22. The minimum atomic E-state index is -0.503. The molecule has 1 aromatic heterocycles. The molecule has 9 nitrogen and oxygen atoms in total. The zero-order chi connectivity index (χ0) is 19.8. The molecule has 1 amide bonds. The SMILES string of the molecule is Cc1c(CC(=O)NCCOCCN=[N+]=[N-])c(=O)oc2cc(N(C)C)ccc12. The number of nitrogens with one attached hydrogen (secondary N) is 1. The van der Waals surface area contributed by atoms with Crippen molar-refractivity contribution in [1.82, 2.24) is 5.32 Å². The van der Waals surface area contributed by atoms with Crippen molar-refractivity contribution in [1.29, 1.82) is 0 Å². The van der Waals surface area contributed by atoms with Crippen LogP contribution in [0.15, 0.2) is 32.5 Å². The van der Waals surface area contributed by atoms with Crippen molar-refractivity contribution in [2.75, 3.05) is 45.3 Å². The van der Waals surface area contributed by atoms with Gasteiger partial charge in [0.05, 0.1) is 25.2 Å². The van der Waals surface area contributed by atoms with Gasteiger partial charge in [0, 0.05) is 49.2 Å². The molecule has 0 aliphatic carbocycles. The largest absolute Gasteiger partial charge is 0.422 e. The number of amides is 1. The van der Waals surface area contributed by atoms with E-state index in [0.717, 1.165) is 16.6 Å². The van der Waals surface area contributed by atoms with Gasteiger partial charge in [-0.05, 0) is 30.2 Å². The quantitative estimate of drug-likeness (QED) is 0.237. The Balaban J connectivity index is 2.01. The molecule has 0 saturated heterocycles. The third-order valence-electron chi connectivity index (χ3n) is 4.09. The number of carbonyl (C=O) groups is 1. The van der Waals surface area contributed by atoms with Gasteiger partial charge in [-0.3, -0.25) is 4.79 Å². The van der Waals surface area contributed by atoms with Crippen LogP contribution in [0.1, 0.15) is 11.1 Å². The van der Waals surface area contributed by atoms with Gasteiger partial charge >= 0.3 is 5.63 Å². The highest BCUT2D eigenvalue weighted by atomic mass is 16.5. The van der Waals surface area contributed by atoms with Crippen LogP contribution in [0.5, 0.6) is 0 Å². The lowest BCUT2D eigenvalue weighted by molar-refractivity contribution is -0.120. The Bertz CT molecular complexity index is 916. The molecule has 0 saturated carbocycles. The molecule has 0 spiro atoms. The lowest BCUT2D eigenvalue weighted by Crippen LogP contribution is -2.30. The smallest absolute Gasteiger partial charge is 0.340 e. The summed E-state index contributed by atoms with van der Waals surface area (Å²) in [5, 5.41) is 6.84. The van der Waals surface area contributed by atoms with E-state index in [1.54, 1.807) is 6.07 Å². The standard InChI is InChI=1S/C18H23N5O4/c1-12-14-5-4-13(23(2)3)10-16(14)27-18(25)15(12)11-17(24)20-6-8-26-9-7-21-22-19/h4-5,10H,6-9,11H2,1-3H3,(H,20,24). The summed E-state index contributed by atoms with van der Waals surface area (Å²) in [5.41, 5.74) is 10.2. The molecule has 2 rings (SSSR count). The van der Waals surface area contributed by atoms with Crippen molar-refractivity contribution in [3.63, 3.8) is 0 Å². The highest BCUT2D eigenvalue weighted by Crippen LogP contribution is 2.24. The molecule has 1 aromatic carbocycles. The molecule has 1 heterocycles. The summed E-state index contributed by atoms with van der Waals surface area (Å²) in [6, 6.07) is 5.63. The maximum atomic E-state index is 12.3. The predicted octanol–water partition coefficient (Wildman–Crippen LogP) is 2.15. The Morgan fingerprint density at radius 2 is 2.15 bits per heavy atom. The Morgan fingerprint density at radius 3 is 2.85 bits per heavy atom.